The molecule has 2 aromatic carbocycles. The van der Waals surface area contributed by atoms with Crippen molar-refractivity contribution in [3.05, 3.63) is 70.1 Å². The Morgan fingerprint density at radius 1 is 1.09 bits per heavy atom. The van der Waals surface area contributed by atoms with Gasteiger partial charge in [0.2, 0.25) is 0 Å². The zero-order valence-corrected chi connectivity index (χ0v) is 18.9. The number of amides is 1. The van der Waals surface area contributed by atoms with Gasteiger partial charge >= 0.3 is 0 Å². The van der Waals surface area contributed by atoms with E-state index in [0.717, 1.165) is 36.1 Å². The van der Waals surface area contributed by atoms with Crippen molar-refractivity contribution in [2.24, 2.45) is 7.05 Å². The smallest absolute Gasteiger partial charge is 0.296 e. The first-order valence-electron chi connectivity index (χ1n) is 11.2. The van der Waals surface area contributed by atoms with E-state index in [0.29, 0.717) is 36.3 Å². The van der Waals surface area contributed by atoms with E-state index in [4.69, 9.17) is 4.74 Å². The van der Waals surface area contributed by atoms with Gasteiger partial charge in [0.15, 0.2) is 5.69 Å². The molecule has 1 amide bonds. The largest absolute Gasteiger partial charge is 0.379 e. The molecule has 0 bridgehead atoms. The Kier molecular flexibility index (Phi) is 5.70. The number of benzene rings is 2. The lowest BCUT2D eigenvalue weighted by Gasteiger charge is -2.26. The molecule has 1 saturated heterocycles. The second-order valence-corrected chi connectivity index (χ2v) is 8.41. The molecule has 8 heteroatoms. The molecule has 3 heterocycles. The zero-order chi connectivity index (χ0) is 22.9. The van der Waals surface area contributed by atoms with Crippen LogP contribution in [-0.2, 0) is 11.8 Å². The van der Waals surface area contributed by atoms with Gasteiger partial charge in [-0.1, -0.05) is 35.9 Å². The molecule has 5 rings (SSSR count). The lowest BCUT2D eigenvalue weighted by molar-refractivity contribution is 0.0383. The van der Waals surface area contributed by atoms with Crippen LogP contribution in [0.2, 0.25) is 0 Å². The first-order valence-corrected chi connectivity index (χ1v) is 11.2. The van der Waals surface area contributed by atoms with Gasteiger partial charge in [0.05, 0.1) is 18.9 Å². The Hall–Kier alpha value is -3.49. The summed E-state index contributed by atoms with van der Waals surface area (Å²) in [6, 6.07) is 15.3. The van der Waals surface area contributed by atoms with Gasteiger partial charge in [-0.25, -0.2) is 0 Å². The summed E-state index contributed by atoms with van der Waals surface area (Å²) >= 11 is 0. The maximum atomic E-state index is 13.5. The van der Waals surface area contributed by atoms with E-state index in [9.17, 15) is 9.59 Å². The van der Waals surface area contributed by atoms with Gasteiger partial charge < -0.3 is 14.6 Å². The van der Waals surface area contributed by atoms with Crippen molar-refractivity contribution in [1.82, 2.24) is 24.6 Å². The number of nitrogens with zero attached hydrogens (tertiary/aromatic N) is 4. The molecule has 33 heavy (non-hydrogen) atoms. The molecule has 0 unspecified atom stereocenters. The maximum Gasteiger partial charge on any atom is 0.296 e. The number of hydrogen-bond donors (Lipinski definition) is 1. The van der Waals surface area contributed by atoms with Crippen LogP contribution in [0.1, 0.15) is 16.1 Å². The highest BCUT2D eigenvalue weighted by Crippen LogP contribution is 2.28. The van der Waals surface area contributed by atoms with Crippen LogP contribution in [0.5, 0.6) is 0 Å². The maximum absolute atomic E-state index is 13.5. The Balaban J connectivity index is 1.60. The van der Waals surface area contributed by atoms with Crippen molar-refractivity contribution >= 4 is 27.7 Å². The van der Waals surface area contributed by atoms with Crippen molar-refractivity contribution < 1.29 is 9.53 Å². The second-order valence-electron chi connectivity index (χ2n) is 8.41. The number of aryl methyl sites for hydroxylation is 2. The van der Waals surface area contributed by atoms with Crippen LogP contribution in [0.15, 0.2) is 53.3 Å². The molecule has 0 atom stereocenters. The van der Waals surface area contributed by atoms with E-state index in [-0.39, 0.29) is 17.2 Å². The van der Waals surface area contributed by atoms with Gasteiger partial charge in [0, 0.05) is 49.5 Å². The van der Waals surface area contributed by atoms with Crippen LogP contribution in [0.4, 0.5) is 0 Å². The van der Waals surface area contributed by atoms with E-state index in [1.807, 2.05) is 67.1 Å². The number of fused-ring (bicyclic) bond motifs is 3. The van der Waals surface area contributed by atoms with Gasteiger partial charge in [0.25, 0.3) is 11.5 Å². The molecule has 170 valence electrons. The van der Waals surface area contributed by atoms with Crippen LogP contribution < -0.4 is 10.9 Å². The number of rotatable bonds is 5. The highest BCUT2D eigenvalue weighted by molar-refractivity contribution is 6.16. The summed E-state index contributed by atoms with van der Waals surface area (Å²) < 4.78 is 8.57. The molecule has 0 saturated carbocycles. The van der Waals surface area contributed by atoms with Gasteiger partial charge in [-0.05, 0) is 25.1 Å². The quantitative estimate of drug-likeness (QED) is 0.510. The summed E-state index contributed by atoms with van der Waals surface area (Å²) in [5.74, 6) is -0.287. The molecular formula is C25H27N5O3. The van der Waals surface area contributed by atoms with Crippen molar-refractivity contribution in [3.63, 3.8) is 0 Å². The van der Waals surface area contributed by atoms with E-state index in [1.54, 1.807) is 0 Å². The molecule has 1 fully saturated rings. The lowest BCUT2D eigenvalue weighted by atomic mass is 10.1. The fraction of sp³-hybridized carbons (Fsp3) is 0.320. The SMILES string of the molecule is Cc1ccc(-n2nc(C(=O)NCCN3CCOCC3)c3c4ccccc4n(C)c3c2=O)cc1. The predicted octanol–water partition coefficient (Wildman–Crippen LogP) is 2.25. The summed E-state index contributed by atoms with van der Waals surface area (Å²) in [6.07, 6.45) is 0. The number of nitrogens with one attached hydrogen (secondary N) is 1. The highest BCUT2D eigenvalue weighted by Gasteiger charge is 2.23. The van der Waals surface area contributed by atoms with Crippen molar-refractivity contribution in [3.8, 4) is 5.69 Å². The molecular weight excluding hydrogens is 418 g/mol. The third-order valence-corrected chi connectivity index (χ3v) is 6.25. The number of morpholine rings is 1. The molecule has 0 aliphatic carbocycles. The fourth-order valence-electron chi connectivity index (χ4n) is 4.44. The molecule has 1 aliphatic heterocycles. The molecule has 1 N–H and O–H groups in total. The van der Waals surface area contributed by atoms with Crippen LogP contribution in [0.25, 0.3) is 27.5 Å². The molecule has 2 aromatic heterocycles. The van der Waals surface area contributed by atoms with Crippen molar-refractivity contribution in [2.75, 3.05) is 39.4 Å². The molecule has 4 aromatic rings. The van der Waals surface area contributed by atoms with Gasteiger partial charge in [-0.15, -0.1) is 0 Å². The van der Waals surface area contributed by atoms with Crippen LogP contribution >= 0.6 is 0 Å². The highest BCUT2D eigenvalue weighted by atomic mass is 16.5. The van der Waals surface area contributed by atoms with E-state index < -0.39 is 0 Å². The normalized spacial score (nSPS) is 14.7. The molecule has 8 nitrogen and oxygen atoms in total. The van der Waals surface area contributed by atoms with Crippen molar-refractivity contribution in [1.29, 1.82) is 0 Å². The minimum atomic E-state index is -0.287. The Labute approximate surface area is 191 Å². The minimum Gasteiger partial charge on any atom is -0.379 e. The van der Waals surface area contributed by atoms with Crippen LogP contribution in [0.3, 0.4) is 0 Å². The summed E-state index contributed by atoms with van der Waals surface area (Å²) in [5.41, 5.74) is 3.06. The predicted molar refractivity (Wildman–Crippen MR) is 128 cm³/mol. The standard InChI is InChI=1S/C25H27N5O3/c1-17-7-9-18(10-8-17)30-25(32)23-21(19-5-3-4-6-20(19)28(23)2)22(27-30)24(31)26-11-12-29-13-15-33-16-14-29/h3-10H,11-16H2,1-2H3,(H,26,31). The first-order chi connectivity index (χ1) is 16.0. The summed E-state index contributed by atoms with van der Waals surface area (Å²) in [5, 5.41) is 9.02. The average molecular weight is 446 g/mol. The van der Waals surface area contributed by atoms with Crippen molar-refractivity contribution in [2.45, 2.75) is 6.92 Å². The number of carbonyl (C=O) groups excluding carboxylic acids is 1. The summed E-state index contributed by atoms with van der Waals surface area (Å²) in [6.45, 7) is 6.38. The zero-order valence-electron chi connectivity index (χ0n) is 18.9. The Bertz CT molecular complexity index is 1380. The molecule has 0 radical (unpaired) electrons. The number of carbonyl (C=O) groups is 1. The Morgan fingerprint density at radius 2 is 1.82 bits per heavy atom. The van der Waals surface area contributed by atoms with E-state index >= 15 is 0 Å². The fourth-order valence-corrected chi connectivity index (χ4v) is 4.44. The van der Waals surface area contributed by atoms with Gasteiger partial charge in [-0.2, -0.15) is 9.78 Å². The second kappa shape index (κ2) is 8.80. The number of hydrogen-bond acceptors (Lipinski definition) is 5. The van der Waals surface area contributed by atoms with E-state index in [2.05, 4.69) is 15.3 Å². The monoisotopic (exact) mass is 445 g/mol. The summed E-state index contributed by atoms with van der Waals surface area (Å²) in [7, 11) is 1.85. The van der Waals surface area contributed by atoms with E-state index in [1.165, 1.54) is 4.68 Å². The molecule has 1 aliphatic rings. The van der Waals surface area contributed by atoms with Gasteiger partial charge in [0.1, 0.15) is 5.52 Å². The van der Waals surface area contributed by atoms with Gasteiger partial charge in [-0.3, -0.25) is 14.5 Å². The number of ether oxygens (including phenoxy) is 1. The first kappa shape index (κ1) is 21.4. The third kappa shape index (κ3) is 3.92. The lowest BCUT2D eigenvalue weighted by Crippen LogP contribution is -2.41. The van der Waals surface area contributed by atoms with Crippen LogP contribution in [-0.4, -0.2) is 64.5 Å². The minimum absolute atomic E-state index is 0.252. The summed E-state index contributed by atoms with van der Waals surface area (Å²) in [4.78, 5) is 29.2. The average Bonchev–Trinajstić information content (AvgIpc) is 3.14. The third-order valence-electron chi connectivity index (χ3n) is 6.25. The number of aromatic nitrogens is 3. The number of para-hydroxylation sites is 1. The molecule has 0 spiro atoms. The Morgan fingerprint density at radius 3 is 2.58 bits per heavy atom. The van der Waals surface area contributed by atoms with Crippen LogP contribution in [0, 0.1) is 6.92 Å². The topological polar surface area (TPSA) is 81.4 Å².